The van der Waals surface area contributed by atoms with Crippen molar-refractivity contribution < 1.29 is 18.4 Å². The Labute approximate surface area is 84.0 Å². The minimum Gasteiger partial charge on any atom is -0.387 e. The molecule has 7 heteroatoms. The van der Waals surface area contributed by atoms with Crippen LogP contribution in [0, 0.1) is 0 Å². The number of hydrogen-bond acceptors (Lipinski definition) is 3. The minimum atomic E-state index is -2.61. The van der Waals surface area contributed by atoms with Crippen LogP contribution >= 0.6 is 0 Å². The van der Waals surface area contributed by atoms with Crippen LogP contribution in [0.4, 0.5) is 0 Å². The first-order valence-electron chi connectivity index (χ1n) is 3.60. The molecule has 3 N–H and O–H groups in total. The Morgan fingerprint density at radius 2 is 2.14 bits per heavy atom. The van der Waals surface area contributed by atoms with E-state index in [0.29, 0.717) is 5.70 Å². The molecule has 0 fully saturated rings. The maximum Gasteiger partial charge on any atom is 0.299 e. The molecule has 0 saturated heterocycles. The molecule has 1 aromatic heterocycles. The molecular weight excluding hydrogens is 208 g/mol. The molecule has 1 heterocycles. The monoisotopic (exact) mass is 220 g/mol. The van der Waals surface area contributed by atoms with E-state index < -0.39 is 17.5 Å². The summed E-state index contributed by atoms with van der Waals surface area (Å²) in [5.74, 6) is 0. The van der Waals surface area contributed by atoms with Crippen molar-refractivity contribution in [3.63, 3.8) is 0 Å². The average molecular weight is 220 g/mol. The van der Waals surface area contributed by atoms with E-state index in [2.05, 4.69) is 11.6 Å². The van der Waals surface area contributed by atoms with E-state index in [1.807, 2.05) is 0 Å². The molecule has 1 atom stereocenters. The highest BCUT2D eigenvalue weighted by atomic mass is 32.2. The van der Waals surface area contributed by atoms with E-state index in [-0.39, 0.29) is 0 Å². The van der Waals surface area contributed by atoms with E-state index >= 15 is 0 Å². The number of imidazole rings is 1. The smallest absolute Gasteiger partial charge is 0.299 e. The predicted molar refractivity (Wildman–Crippen MR) is 52.6 cm³/mol. The van der Waals surface area contributed by atoms with Gasteiger partial charge in [0.2, 0.25) is 0 Å². The van der Waals surface area contributed by atoms with Gasteiger partial charge in [-0.05, 0) is 6.92 Å². The molecule has 0 aliphatic heterocycles. The Hall–Kier alpha value is -1.02. The van der Waals surface area contributed by atoms with Crippen LogP contribution in [0.15, 0.2) is 25.3 Å². The zero-order valence-corrected chi connectivity index (χ0v) is 8.39. The van der Waals surface area contributed by atoms with Crippen LogP contribution in [0.3, 0.4) is 0 Å². The lowest BCUT2D eigenvalue weighted by molar-refractivity contribution is 0.247. The highest BCUT2D eigenvalue weighted by Gasteiger charge is 2.01. The summed E-state index contributed by atoms with van der Waals surface area (Å²) in [5.41, 5.74) is 0.637. The third kappa shape index (κ3) is 5.60. The van der Waals surface area contributed by atoms with Crippen molar-refractivity contribution in [1.29, 1.82) is 0 Å². The second-order valence-corrected chi connectivity index (χ2v) is 2.83. The quantitative estimate of drug-likeness (QED) is 0.627. The lowest BCUT2D eigenvalue weighted by Gasteiger charge is -2.07. The van der Waals surface area contributed by atoms with Crippen molar-refractivity contribution in [2.45, 2.75) is 13.0 Å². The van der Waals surface area contributed by atoms with Gasteiger partial charge in [0, 0.05) is 18.1 Å². The van der Waals surface area contributed by atoms with Crippen molar-refractivity contribution >= 4 is 17.1 Å². The van der Waals surface area contributed by atoms with Gasteiger partial charge in [-0.1, -0.05) is 6.58 Å². The molecule has 1 rings (SSSR count). The number of aliphatic hydroxyl groups excluding tert-OH is 1. The Balaban J connectivity index is 0.000000364. The molecule has 0 radical (unpaired) electrons. The summed E-state index contributed by atoms with van der Waals surface area (Å²) in [6.07, 6.45) is 4.48. The van der Waals surface area contributed by atoms with Crippen LogP contribution in [0.1, 0.15) is 6.92 Å². The fraction of sp³-hybridized carbons (Fsp3) is 0.286. The van der Waals surface area contributed by atoms with Crippen LogP contribution in [0.2, 0.25) is 0 Å². The van der Waals surface area contributed by atoms with Crippen LogP contribution in [-0.4, -0.2) is 34.1 Å². The van der Waals surface area contributed by atoms with Crippen molar-refractivity contribution in [2.24, 2.45) is 0 Å². The van der Waals surface area contributed by atoms with E-state index in [9.17, 15) is 0 Å². The SMILES string of the molecule is C=C(C(C)O)n1ccnc1.O=S(O)O. The van der Waals surface area contributed by atoms with Crippen LogP contribution in [0.5, 0.6) is 0 Å². The zero-order valence-electron chi connectivity index (χ0n) is 7.57. The zero-order chi connectivity index (χ0) is 11.1. The summed E-state index contributed by atoms with van der Waals surface area (Å²) in [6.45, 7) is 5.34. The van der Waals surface area contributed by atoms with E-state index in [0.717, 1.165) is 0 Å². The molecule has 80 valence electrons. The van der Waals surface area contributed by atoms with Crippen LogP contribution in [0.25, 0.3) is 5.70 Å². The molecule has 1 aromatic rings. The van der Waals surface area contributed by atoms with E-state index in [4.69, 9.17) is 18.4 Å². The molecule has 0 spiro atoms. The lowest BCUT2D eigenvalue weighted by Crippen LogP contribution is -2.07. The summed E-state index contributed by atoms with van der Waals surface area (Å²) in [4.78, 5) is 3.82. The Morgan fingerprint density at radius 3 is 2.43 bits per heavy atom. The average Bonchev–Trinajstić information content (AvgIpc) is 2.53. The van der Waals surface area contributed by atoms with Gasteiger partial charge in [-0.25, -0.2) is 4.98 Å². The number of hydrogen-bond donors (Lipinski definition) is 3. The third-order valence-electron chi connectivity index (χ3n) is 1.32. The van der Waals surface area contributed by atoms with Gasteiger partial charge in [0.15, 0.2) is 0 Å². The standard InChI is InChI=1S/C7H10N2O.H2O3S/c1-6(7(2)10)9-4-3-8-5-9;1-4(2)3/h3-5,7,10H,1H2,2H3;(H2,1,2,3). The maximum atomic E-state index is 9.04. The number of rotatable bonds is 2. The largest absolute Gasteiger partial charge is 0.387 e. The van der Waals surface area contributed by atoms with E-state index in [1.165, 1.54) is 0 Å². The van der Waals surface area contributed by atoms with Crippen molar-refractivity contribution in [2.75, 3.05) is 0 Å². The highest BCUT2D eigenvalue weighted by Crippen LogP contribution is 2.04. The van der Waals surface area contributed by atoms with Gasteiger partial charge in [0.05, 0.1) is 12.4 Å². The van der Waals surface area contributed by atoms with Gasteiger partial charge >= 0.3 is 0 Å². The molecule has 0 aliphatic carbocycles. The number of aromatic nitrogens is 2. The Bertz CT molecular complexity index is 293. The number of aliphatic hydroxyl groups is 1. The molecule has 6 nitrogen and oxygen atoms in total. The normalized spacial score (nSPS) is 11.8. The van der Waals surface area contributed by atoms with Gasteiger partial charge in [-0.2, -0.15) is 4.21 Å². The predicted octanol–water partition coefficient (Wildman–Crippen LogP) is 0.416. The molecule has 0 bridgehead atoms. The summed E-state index contributed by atoms with van der Waals surface area (Å²) in [6, 6.07) is 0. The molecular formula is C7H12N2O4S. The highest BCUT2D eigenvalue weighted by molar-refractivity contribution is 7.73. The molecule has 14 heavy (non-hydrogen) atoms. The summed E-state index contributed by atoms with van der Waals surface area (Å²) in [7, 11) is 0. The molecule has 1 unspecified atom stereocenters. The minimum absolute atomic E-state index is 0.519. The first-order valence-corrected chi connectivity index (χ1v) is 4.66. The topological polar surface area (TPSA) is 95.6 Å². The van der Waals surface area contributed by atoms with Crippen molar-refractivity contribution in [1.82, 2.24) is 9.55 Å². The maximum absolute atomic E-state index is 9.04. The van der Waals surface area contributed by atoms with Gasteiger partial charge in [-0.3, -0.25) is 9.11 Å². The fourth-order valence-electron chi connectivity index (χ4n) is 0.645. The van der Waals surface area contributed by atoms with Gasteiger partial charge in [0.1, 0.15) is 0 Å². The second-order valence-electron chi connectivity index (χ2n) is 2.37. The van der Waals surface area contributed by atoms with Crippen molar-refractivity contribution in [3.05, 3.63) is 25.3 Å². The number of nitrogens with zero attached hydrogens (tertiary/aromatic N) is 2. The van der Waals surface area contributed by atoms with Crippen LogP contribution < -0.4 is 0 Å². The Kier molecular flexibility index (Phi) is 5.97. The van der Waals surface area contributed by atoms with E-state index in [1.54, 1.807) is 30.2 Å². The third-order valence-corrected chi connectivity index (χ3v) is 1.32. The molecule has 0 aliphatic rings. The fourth-order valence-corrected chi connectivity index (χ4v) is 0.645. The van der Waals surface area contributed by atoms with Gasteiger partial charge in [-0.15, -0.1) is 0 Å². The molecule has 0 aromatic carbocycles. The first kappa shape index (κ1) is 13.0. The van der Waals surface area contributed by atoms with Crippen molar-refractivity contribution in [3.8, 4) is 0 Å². The molecule has 0 amide bonds. The second kappa shape index (κ2) is 6.44. The van der Waals surface area contributed by atoms with Gasteiger partial charge in [0.25, 0.3) is 11.4 Å². The van der Waals surface area contributed by atoms with Gasteiger partial charge < -0.3 is 9.67 Å². The first-order chi connectivity index (χ1) is 6.45. The lowest BCUT2D eigenvalue weighted by atomic mass is 10.3. The molecule has 0 saturated carbocycles. The summed E-state index contributed by atoms with van der Waals surface area (Å²) >= 11 is -2.61. The summed E-state index contributed by atoms with van der Waals surface area (Å²) in [5, 5.41) is 9.04. The van der Waals surface area contributed by atoms with Crippen LogP contribution in [-0.2, 0) is 11.4 Å². The summed E-state index contributed by atoms with van der Waals surface area (Å²) < 4.78 is 24.5. The Morgan fingerprint density at radius 1 is 1.64 bits per heavy atom.